The third-order valence-corrected chi connectivity index (χ3v) is 4.39. The Morgan fingerprint density at radius 2 is 1.94 bits per heavy atom. The van der Waals surface area contributed by atoms with Crippen molar-refractivity contribution >= 4 is 5.69 Å². The van der Waals surface area contributed by atoms with E-state index < -0.39 is 0 Å². The number of hydrogen-bond donors (Lipinski definition) is 1. The lowest BCUT2D eigenvalue weighted by Crippen LogP contribution is -2.57. The lowest BCUT2D eigenvalue weighted by molar-refractivity contribution is 0.174. The van der Waals surface area contributed by atoms with Crippen LogP contribution in [0.5, 0.6) is 0 Å². The van der Waals surface area contributed by atoms with Crippen LogP contribution in [-0.4, -0.2) is 50.2 Å². The topological polar surface area (TPSA) is 18.5 Å². The molecule has 2 atom stereocenters. The van der Waals surface area contributed by atoms with Gasteiger partial charge in [0.1, 0.15) is 0 Å². The predicted molar refractivity (Wildman–Crippen MR) is 76.1 cm³/mol. The molecular formula is C15H23N3. The molecule has 2 aliphatic heterocycles. The minimum Gasteiger partial charge on any atom is -0.367 e. The molecule has 0 radical (unpaired) electrons. The summed E-state index contributed by atoms with van der Waals surface area (Å²) < 4.78 is 0. The van der Waals surface area contributed by atoms with Crippen molar-refractivity contribution in [2.45, 2.75) is 24.9 Å². The first-order valence-corrected chi connectivity index (χ1v) is 7.09. The van der Waals surface area contributed by atoms with Gasteiger partial charge in [0.2, 0.25) is 0 Å². The van der Waals surface area contributed by atoms with Crippen molar-refractivity contribution in [3.8, 4) is 0 Å². The molecule has 0 aromatic heterocycles. The third kappa shape index (κ3) is 2.25. The molecule has 0 aliphatic carbocycles. The van der Waals surface area contributed by atoms with Crippen LogP contribution in [0.15, 0.2) is 30.3 Å². The largest absolute Gasteiger partial charge is 0.367 e. The molecule has 3 heteroatoms. The number of nitrogens with one attached hydrogen (secondary N) is 1. The molecule has 0 saturated carbocycles. The summed E-state index contributed by atoms with van der Waals surface area (Å²) in [4.78, 5) is 5.14. The molecule has 2 heterocycles. The molecule has 1 N–H and O–H groups in total. The first kappa shape index (κ1) is 12.0. The van der Waals surface area contributed by atoms with Gasteiger partial charge in [0, 0.05) is 44.0 Å². The van der Waals surface area contributed by atoms with Crippen LogP contribution in [0, 0.1) is 0 Å². The summed E-state index contributed by atoms with van der Waals surface area (Å²) >= 11 is 0. The van der Waals surface area contributed by atoms with E-state index in [4.69, 9.17) is 0 Å². The van der Waals surface area contributed by atoms with Crippen LogP contribution in [-0.2, 0) is 0 Å². The number of para-hydroxylation sites is 1. The molecule has 2 unspecified atom stereocenters. The van der Waals surface area contributed by atoms with Gasteiger partial charge in [-0.1, -0.05) is 18.2 Å². The van der Waals surface area contributed by atoms with Crippen LogP contribution in [0.4, 0.5) is 5.69 Å². The van der Waals surface area contributed by atoms with Gasteiger partial charge in [-0.15, -0.1) is 0 Å². The van der Waals surface area contributed by atoms with E-state index in [1.54, 1.807) is 0 Å². The summed E-state index contributed by atoms with van der Waals surface area (Å²) in [5.41, 5.74) is 1.39. The van der Waals surface area contributed by atoms with Gasteiger partial charge in [0.05, 0.1) is 0 Å². The molecule has 3 rings (SSSR count). The molecular weight excluding hydrogens is 222 g/mol. The second-order valence-corrected chi connectivity index (χ2v) is 5.49. The molecule has 2 saturated heterocycles. The van der Waals surface area contributed by atoms with Gasteiger partial charge in [-0.3, -0.25) is 4.90 Å². The maximum Gasteiger partial charge on any atom is 0.0458 e. The molecule has 98 valence electrons. The fraction of sp³-hybridized carbons (Fsp3) is 0.600. The molecule has 0 bridgehead atoms. The van der Waals surface area contributed by atoms with Crippen molar-refractivity contribution in [2.24, 2.45) is 0 Å². The van der Waals surface area contributed by atoms with Crippen LogP contribution < -0.4 is 10.2 Å². The maximum absolute atomic E-state index is 3.55. The van der Waals surface area contributed by atoms with Gasteiger partial charge in [-0.2, -0.15) is 0 Å². The smallest absolute Gasteiger partial charge is 0.0458 e. The molecule has 2 fully saturated rings. The van der Waals surface area contributed by atoms with Crippen molar-refractivity contribution in [3.63, 3.8) is 0 Å². The zero-order chi connectivity index (χ0) is 12.4. The van der Waals surface area contributed by atoms with E-state index in [0.717, 1.165) is 13.1 Å². The highest BCUT2D eigenvalue weighted by atomic mass is 15.3. The Kier molecular flexibility index (Phi) is 3.52. The highest BCUT2D eigenvalue weighted by Gasteiger charge is 2.34. The number of benzene rings is 1. The summed E-state index contributed by atoms with van der Waals surface area (Å²) in [6, 6.07) is 12.2. The summed E-state index contributed by atoms with van der Waals surface area (Å²) in [6.45, 7) is 4.64. The standard InChI is InChI=1S/C15H23N3/c1-17-11-9-16-12-15(17)14-8-5-10-18(14)13-6-3-2-4-7-13/h2-4,6-7,14-16H,5,8-12H2,1H3. The fourth-order valence-electron chi connectivity index (χ4n) is 3.39. The normalized spacial score (nSPS) is 29.7. The Morgan fingerprint density at radius 1 is 1.11 bits per heavy atom. The molecule has 0 amide bonds. The van der Waals surface area contributed by atoms with Crippen LogP contribution >= 0.6 is 0 Å². The second kappa shape index (κ2) is 5.29. The van der Waals surface area contributed by atoms with Crippen molar-refractivity contribution in [3.05, 3.63) is 30.3 Å². The zero-order valence-electron chi connectivity index (χ0n) is 11.2. The Hall–Kier alpha value is -1.06. The Morgan fingerprint density at radius 3 is 2.72 bits per heavy atom. The van der Waals surface area contributed by atoms with E-state index in [2.05, 4.69) is 52.5 Å². The average molecular weight is 245 g/mol. The maximum atomic E-state index is 3.55. The van der Waals surface area contributed by atoms with Crippen LogP contribution in [0.2, 0.25) is 0 Å². The third-order valence-electron chi connectivity index (χ3n) is 4.39. The predicted octanol–water partition coefficient (Wildman–Crippen LogP) is 1.56. The van der Waals surface area contributed by atoms with Crippen LogP contribution in [0.3, 0.4) is 0 Å². The molecule has 0 spiro atoms. The quantitative estimate of drug-likeness (QED) is 0.853. The Balaban J connectivity index is 1.78. The van der Waals surface area contributed by atoms with E-state index in [9.17, 15) is 0 Å². The van der Waals surface area contributed by atoms with E-state index in [1.807, 2.05) is 0 Å². The molecule has 1 aromatic carbocycles. The van der Waals surface area contributed by atoms with Gasteiger partial charge < -0.3 is 10.2 Å². The van der Waals surface area contributed by atoms with E-state index in [-0.39, 0.29) is 0 Å². The molecule has 18 heavy (non-hydrogen) atoms. The van der Waals surface area contributed by atoms with E-state index in [0.29, 0.717) is 12.1 Å². The number of anilines is 1. The average Bonchev–Trinajstić information content (AvgIpc) is 2.89. The van der Waals surface area contributed by atoms with E-state index >= 15 is 0 Å². The van der Waals surface area contributed by atoms with Crippen LogP contribution in [0.1, 0.15) is 12.8 Å². The Bertz CT molecular complexity index is 379. The van der Waals surface area contributed by atoms with Gasteiger partial charge >= 0.3 is 0 Å². The molecule has 1 aromatic rings. The Labute approximate surface area is 110 Å². The first-order chi connectivity index (χ1) is 8.86. The summed E-state index contributed by atoms with van der Waals surface area (Å²) in [5, 5.41) is 3.55. The highest BCUT2D eigenvalue weighted by molar-refractivity contribution is 5.48. The lowest BCUT2D eigenvalue weighted by Gasteiger charge is -2.41. The number of rotatable bonds is 2. The van der Waals surface area contributed by atoms with E-state index in [1.165, 1.54) is 31.6 Å². The highest BCUT2D eigenvalue weighted by Crippen LogP contribution is 2.29. The number of piperazine rings is 1. The van der Waals surface area contributed by atoms with Gasteiger partial charge in [0.15, 0.2) is 0 Å². The summed E-state index contributed by atoms with van der Waals surface area (Å²) in [6.07, 6.45) is 2.65. The summed E-state index contributed by atoms with van der Waals surface area (Å²) in [7, 11) is 2.27. The monoisotopic (exact) mass is 245 g/mol. The first-order valence-electron chi connectivity index (χ1n) is 7.09. The lowest BCUT2D eigenvalue weighted by atomic mass is 10.0. The SMILES string of the molecule is CN1CCNCC1C1CCCN1c1ccccc1. The molecule has 2 aliphatic rings. The minimum atomic E-state index is 0.654. The van der Waals surface area contributed by atoms with Crippen molar-refractivity contribution in [2.75, 3.05) is 38.1 Å². The van der Waals surface area contributed by atoms with Crippen LogP contribution in [0.25, 0.3) is 0 Å². The summed E-state index contributed by atoms with van der Waals surface area (Å²) in [5.74, 6) is 0. The van der Waals surface area contributed by atoms with Crippen molar-refractivity contribution < 1.29 is 0 Å². The van der Waals surface area contributed by atoms with Crippen molar-refractivity contribution in [1.29, 1.82) is 0 Å². The zero-order valence-corrected chi connectivity index (χ0v) is 11.2. The minimum absolute atomic E-state index is 0.654. The van der Waals surface area contributed by atoms with Gasteiger partial charge in [-0.05, 0) is 32.0 Å². The van der Waals surface area contributed by atoms with Gasteiger partial charge in [0.25, 0.3) is 0 Å². The number of nitrogens with zero attached hydrogens (tertiary/aromatic N) is 2. The fourth-order valence-corrected chi connectivity index (χ4v) is 3.39. The number of likely N-dealkylation sites (N-methyl/N-ethyl adjacent to an activating group) is 1. The second-order valence-electron chi connectivity index (χ2n) is 5.49. The van der Waals surface area contributed by atoms with Crippen molar-refractivity contribution in [1.82, 2.24) is 10.2 Å². The van der Waals surface area contributed by atoms with Gasteiger partial charge in [-0.25, -0.2) is 0 Å². The molecule has 3 nitrogen and oxygen atoms in total. The number of hydrogen-bond acceptors (Lipinski definition) is 3.